The van der Waals surface area contributed by atoms with E-state index < -0.39 is 23.3 Å². The van der Waals surface area contributed by atoms with Crippen LogP contribution in [0.25, 0.3) is 0 Å². The van der Waals surface area contributed by atoms with Gasteiger partial charge in [0.15, 0.2) is 11.6 Å². The highest BCUT2D eigenvalue weighted by atomic mass is 19.1. The molecule has 4 rings (SSSR count). The average Bonchev–Trinajstić information content (AvgIpc) is 3.11. The van der Waals surface area contributed by atoms with Crippen LogP contribution in [0.3, 0.4) is 0 Å². The summed E-state index contributed by atoms with van der Waals surface area (Å²) in [5, 5.41) is 30.7. The van der Waals surface area contributed by atoms with Gasteiger partial charge < -0.3 is 15.3 Å². The SMILES string of the molecule is Oc1ccc([C@@H](O)CN2C[C@@H]3CC(O)(Cc4ccccc4)C[C@@H]3C2)cc1F. The van der Waals surface area contributed by atoms with Crippen LogP contribution in [0, 0.1) is 17.7 Å². The second-order valence-electron chi connectivity index (χ2n) is 8.26. The van der Waals surface area contributed by atoms with Crippen LogP contribution in [0.4, 0.5) is 4.39 Å². The van der Waals surface area contributed by atoms with Gasteiger partial charge in [-0.05, 0) is 47.9 Å². The smallest absolute Gasteiger partial charge is 0.165 e. The van der Waals surface area contributed by atoms with Crippen molar-refractivity contribution >= 4 is 0 Å². The molecular weight excluding hydrogens is 345 g/mol. The summed E-state index contributed by atoms with van der Waals surface area (Å²) in [5.41, 5.74) is 1.01. The molecule has 1 heterocycles. The minimum absolute atomic E-state index is 0.403. The number of rotatable bonds is 5. The van der Waals surface area contributed by atoms with Gasteiger partial charge in [0, 0.05) is 26.1 Å². The fraction of sp³-hybridized carbons (Fsp3) is 0.455. The number of hydrogen-bond acceptors (Lipinski definition) is 4. The second kappa shape index (κ2) is 7.23. The fourth-order valence-corrected chi connectivity index (χ4v) is 4.91. The maximum Gasteiger partial charge on any atom is 0.165 e. The van der Waals surface area contributed by atoms with Crippen LogP contribution in [-0.4, -0.2) is 45.5 Å². The summed E-state index contributed by atoms with van der Waals surface area (Å²) >= 11 is 0. The lowest BCUT2D eigenvalue weighted by Gasteiger charge is -2.27. The number of halogens is 1. The summed E-state index contributed by atoms with van der Waals surface area (Å²) in [7, 11) is 0. The summed E-state index contributed by atoms with van der Waals surface area (Å²) in [4.78, 5) is 2.20. The number of aliphatic hydroxyl groups excluding tert-OH is 1. The number of benzene rings is 2. The summed E-state index contributed by atoms with van der Waals surface area (Å²) in [6.45, 7) is 2.13. The van der Waals surface area contributed by atoms with Crippen LogP contribution in [0.1, 0.15) is 30.1 Å². The molecule has 1 unspecified atom stereocenters. The monoisotopic (exact) mass is 371 g/mol. The van der Waals surface area contributed by atoms with E-state index in [1.54, 1.807) is 6.07 Å². The van der Waals surface area contributed by atoms with Crippen molar-refractivity contribution in [3.05, 3.63) is 65.5 Å². The van der Waals surface area contributed by atoms with E-state index in [1.165, 1.54) is 17.7 Å². The van der Waals surface area contributed by atoms with Crippen LogP contribution in [0.2, 0.25) is 0 Å². The average molecular weight is 371 g/mol. The van der Waals surface area contributed by atoms with Gasteiger partial charge in [0.1, 0.15) is 0 Å². The summed E-state index contributed by atoms with van der Waals surface area (Å²) in [6, 6.07) is 14.1. The third-order valence-corrected chi connectivity index (χ3v) is 6.10. The minimum atomic E-state index is -0.790. The second-order valence-corrected chi connectivity index (χ2v) is 8.26. The van der Waals surface area contributed by atoms with Crippen molar-refractivity contribution in [2.24, 2.45) is 11.8 Å². The van der Waals surface area contributed by atoms with Crippen molar-refractivity contribution < 1.29 is 19.7 Å². The lowest BCUT2D eigenvalue weighted by atomic mass is 9.91. The van der Waals surface area contributed by atoms with Gasteiger partial charge in [-0.1, -0.05) is 36.4 Å². The molecule has 144 valence electrons. The number of β-amino-alcohol motifs (C(OH)–C–C–N with tert-alkyl or cyclic N) is 1. The van der Waals surface area contributed by atoms with E-state index in [0.29, 0.717) is 30.4 Å². The standard InChI is InChI=1S/C22H26FNO3/c23-19-8-16(6-7-20(19)25)21(26)14-24-12-17-10-22(27,11-18(17)13-24)9-15-4-2-1-3-5-15/h1-8,17-18,21,25-27H,9-14H2/t17-,18+,21-,22?/m0/s1. The Hall–Kier alpha value is -1.95. The van der Waals surface area contributed by atoms with Gasteiger partial charge in [-0.15, -0.1) is 0 Å². The van der Waals surface area contributed by atoms with Gasteiger partial charge >= 0.3 is 0 Å². The molecule has 0 bridgehead atoms. The first-order chi connectivity index (χ1) is 12.9. The van der Waals surface area contributed by atoms with Gasteiger partial charge in [-0.3, -0.25) is 4.90 Å². The third kappa shape index (κ3) is 4.00. The molecule has 0 amide bonds. The van der Waals surface area contributed by atoms with Gasteiger partial charge in [0.25, 0.3) is 0 Å². The van der Waals surface area contributed by atoms with Crippen LogP contribution >= 0.6 is 0 Å². The maximum absolute atomic E-state index is 13.5. The number of nitrogens with zero attached hydrogens (tertiary/aromatic N) is 1. The van der Waals surface area contributed by atoms with Crippen molar-refractivity contribution in [2.45, 2.75) is 31.0 Å². The van der Waals surface area contributed by atoms with E-state index in [9.17, 15) is 19.7 Å². The van der Waals surface area contributed by atoms with Crippen molar-refractivity contribution in [3.63, 3.8) is 0 Å². The lowest BCUT2D eigenvalue weighted by molar-refractivity contribution is 0.0328. The first kappa shape index (κ1) is 18.4. The third-order valence-electron chi connectivity index (χ3n) is 6.10. The first-order valence-corrected chi connectivity index (χ1v) is 9.57. The molecule has 2 aromatic carbocycles. The molecule has 27 heavy (non-hydrogen) atoms. The molecule has 2 aromatic rings. The highest BCUT2D eigenvalue weighted by Gasteiger charge is 2.48. The Bertz CT molecular complexity index is 783. The highest BCUT2D eigenvalue weighted by Crippen LogP contribution is 2.45. The Morgan fingerprint density at radius 3 is 2.37 bits per heavy atom. The molecule has 1 aliphatic carbocycles. The van der Waals surface area contributed by atoms with Crippen molar-refractivity contribution in [1.29, 1.82) is 0 Å². The van der Waals surface area contributed by atoms with E-state index in [2.05, 4.69) is 17.0 Å². The molecule has 4 nitrogen and oxygen atoms in total. The molecule has 0 radical (unpaired) electrons. The minimum Gasteiger partial charge on any atom is -0.505 e. The van der Waals surface area contributed by atoms with Crippen LogP contribution < -0.4 is 0 Å². The Morgan fingerprint density at radius 2 is 1.74 bits per heavy atom. The van der Waals surface area contributed by atoms with Crippen molar-refractivity contribution in [2.75, 3.05) is 19.6 Å². The molecule has 4 atom stereocenters. The predicted octanol–water partition coefficient (Wildman–Crippen LogP) is 2.88. The van der Waals surface area contributed by atoms with E-state index in [0.717, 1.165) is 25.9 Å². The van der Waals surface area contributed by atoms with Crippen LogP contribution in [0.5, 0.6) is 5.75 Å². The molecule has 1 saturated heterocycles. The largest absolute Gasteiger partial charge is 0.505 e. The Balaban J connectivity index is 1.33. The Kier molecular flexibility index (Phi) is 4.93. The summed E-state index contributed by atoms with van der Waals surface area (Å²) in [6.07, 6.45) is 1.47. The maximum atomic E-state index is 13.5. The molecule has 0 spiro atoms. The molecule has 2 fully saturated rings. The molecule has 1 aliphatic heterocycles. The van der Waals surface area contributed by atoms with E-state index >= 15 is 0 Å². The van der Waals surface area contributed by atoms with Gasteiger partial charge in [-0.2, -0.15) is 0 Å². The van der Waals surface area contributed by atoms with Gasteiger partial charge in [0.05, 0.1) is 11.7 Å². The van der Waals surface area contributed by atoms with Crippen LogP contribution in [0.15, 0.2) is 48.5 Å². The predicted molar refractivity (Wildman–Crippen MR) is 101 cm³/mol. The van der Waals surface area contributed by atoms with E-state index in [1.807, 2.05) is 18.2 Å². The number of aromatic hydroxyl groups is 1. The zero-order valence-corrected chi connectivity index (χ0v) is 15.3. The molecule has 1 saturated carbocycles. The topological polar surface area (TPSA) is 63.9 Å². The Morgan fingerprint density at radius 1 is 1.07 bits per heavy atom. The highest BCUT2D eigenvalue weighted by molar-refractivity contribution is 5.29. The molecule has 0 aromatic heterocycles. The summed E-state index contributed by atoms with van der Waals surface area (Å²) in [5.74, 6) is -0.250. The number of fused-ring (bicyclic) bond motifs is 1. The zero-order valence-electron chi connectivity index (χ0n) is 15.3. The molecule has 5 heteroatoms. The lowest BCUT2D eigenvalue weighted by Crippen LogP contribution is -2.33. The number of hydrogen-bond donors (Lipinski definition) is 3. The Labute approximate surface area is 158 Å². The van der Waals surface area contributed by atoms with Crippen molar-refractivity contribution in [1.82, 2.24) is 4.90 Å². The van der Waals surface area contributed by atoms with Crippen LogP contribution in [-0.2, 0) is 6.42 Å². The summed E-state index contributed by atoms with van der Waals surface area (Å²) < 4.78 is 13.5. The van der Waals surface area contributed by atoms with Gasteiger partial charge in [0.2, 0.25) is 0 Å². The fourth-order valence-electron chi connectivity index (χ4n) is 4.91. The van der Waals surface area contributed by atoms with E-state index in [-0.39, 0.29) is 0 Å². The number of phenolic OH excluding ortho intramolecular Hbond substituents is 1. The van der Waals surface area contributed by atoms with Crippen molar-refractivity contribution in [3.8, 4) is 5.75 Å². The molecular formula is C22H26FNO3. The number of likely N-dealkylation sites (tertiary alicyclic amines) is 1. The number of aliphatic hydroxyl groups is 2. The quantitative estimate of drug-likeness (QED) is 0.756. The normalized spacial score (nSPS) is 29.0. The molecule has 3 N–H and O–H groups in total. The van der Waals surface area contributed by atoms with E-state index in [4.69, 9.17) is 0 Å². The zero-order chi connectivity index (χ0) is 19.0. The van der Waals surface area contributed by atoms with Gasteiger partial charge in [-0.25, -0.2) is 4.39 Å². The number of phenols is 1. The molecule has 2 aliphatic rings. The first-order valence-electron chi connectivity index (χ1n) is 9.57.